The van der Waals surface area contributed by atoms with Gasteiger partial charge in [-0.3, -0.25) is 0 Å². The van der Waals surface area contributed by atoms with E-state index in [1.54, 1.807) is 0 Å². The molecular weight excluding hydrogens is 560 g/mol. The van der Waals surface area contributed by atoms with E-state index in [1.165, 1.54) is 44.5 Å². The third kappa shape index (κ3) is 4.57. The van der Waals surface area contributed by atoms with E-state index in [1.807, 2.05) is 0 Å². The molecule has 9 rings (SSSR count). The van der Waals surface area contributed by atoms with Crippen LogP contribution in [0.4, 0.5) is 0 Å². The summed E-state index contributed by atoms with van der Waals surface area (Å²) < 4.78 is 12.8. The molecule has 0 saturated heterocycles. The van der Waals surface area contributed by atoms with Crippen LogP contribution in [0.25, 0.3) is 61.2 Å². The van der Waals surface area contributed by atoms with Crippen molar-refractivity contribution in [1.29, 1.82) is 0 Å². The fourth-order valence-corrected chi connectivity index (χ4v) is 7.17. The summed E-state index contributed by atoms with van der Waals surface area (Å²) in [7, 11) is 0. The molecule has 2 nitrogen and oxygen atoms in total. The average molecular weight is 593 g/mol. The van der Waals surface area contributed by atoms with Crippen molar-refractivity contribution in [2.24, 2.45) is 5.92 Å². The lowest BCUT2D eigenvalue weighted by atomic mass is 9.80. The zero-order valence-corrected chi connectivity index (χ0v) is 25.6. The molecule has 0 N–H and O–H groups in total. The maximum atomic E-state index is 6.45. The molecule has 2 aliphatic rings. The second-order valence-electron chi connectivity index (χ2n) is 12.5. The first-order chi connectivity index (χ1) is 22.7. The highest BCUT2D eigenvalue weighted by Crippen LogP contribution is 2.40. The lowest BCUT2D eigenvalue weighted by Crippen LogP contribution is -2.09. The molecule has 0 aliphatic heterocycles. The highest BCUT2D eigenvalue weighted by Gasteiger charge is 2.22. The molecule has 7 aromatic rings. The lowest BCUT2D eigenvalue weighted by Gasteiger charge is -2.24. The molecule has 2 unspecified atom stereocenters. The molecule has 0 saturated carbocycles. The molecular formula is C44H32O2. The van der Waals surface area contributed by atoms with Gasteiger partial charge in [-0.25, -0.2) is 0 Å². The molecule has 2 heterocycles. The van der Waals surface area contributed by atoms with Crippen LogP contribution < -0.4 is 0 Å². The van der Waals surface area contributed by atoms with E-state index in [4.69, 9.17) is 8.83 Å². The van der Waals surface area contributed by atoms with Gasteiger partial charge in [0.2, 0.25) is 0 Å². The second kappa shape index (κ2) is 10.8. The van der Waals surface area contributed by atoms with Crippen molar-refractivity contribution in [2.45, 2.75) is 19.3 Å². The van der Waals surface area contributed by atoms with Crippen LogP contribution in [0.15, 0.2) is 166 Å². The first-order valence-corrected chi connectivity index (χ1v) is 16.1. The van der Waals surface area contributed by atoms with Crippen LogP contribution in [0, 0.1) is 5.92 Å². The predicted octanol–water partition coefficient (Wildman–Crippen LogP) is 12.1. The van der Waals surface area contributed by atoms with E-state index in [0.29, 0.717) is 11.8 Å². The first kappa shape index (κ1) is 26.8. The van der Waals surface area contributed by atoms with Crippen LogP contribution in [0.5, 0.6) is 0 Å². The molecule has 2 aromatic heterocycles. The molecule has 5 aromatic carbocycles. The first-order valence-electron chi connectivity index (χ1n) is 16.1. The van der Waals surface area contributed by atoms with Crippen LogP contribution >= 0.6 is 0 Å². The number of rotatable bonds is 4. The Hall–Kier alpha value is -5.60. The maximum Gasteiger partial charge on any atom is 0.139 e. The Bertz CT molecular complexity index is 2390. The van der Waals surface area contributed by atoms with E-state index in [9.17, 15) is 0 Å². The zero-order chi connectivity index (χ0) is 30.6. The minimum atomic E-state index is 0.365. The van der Waals surface area contributed by atoms with Gasteiger partial charge in [-0.05, 0) is 81.6 Å². The van der Waals surface area contributed by atoms with Gasteiger partial charge in [0, 0.05) is 33.7 Å². The molecule has 2 aliphatic carbocycles. The van der Waals surface area contributed by atoms with Gasteiger partial charge in [-0.15, -0.1) is 0 Å². The summed E-state index contributed by atoms with van der Waals surface area (Å²) in [5, 5.41) is 3.38. The van der Waals surface area contributed by atoms with Crippen molar-refractivity contribution in [3.8, 4) is 22.3 Å². The number of fused-ring (bicyclic) bond motifs is 6. The summed E-state index contributed by atoms with van der Waals surface area (Å²) in [5.74, 6) is 1.74. The molecule has 0 amide bonds. The molecule has 220 valence electrons. The molecule has 0 fully saturated rings. The normalized spacial score (nSPS) is 17.7. The van der Waals surface area contributed by atoms with E-state index in [2.05, 4.69) is 159 Å². The maximum absolute atomic E-state index is 6.45. The molecule has 0 bridgehead atoms. The van der Waals surface area contributed by atoms with Crippen molar-refractivity contribution >= 4 is 39.0 Å². The van der Waals surface area contributed by atoms with Gasteiger partial charge in [-0.2, -0.15) is 0 Å². The molecule has 0 radical (unpaired) electrons. The fourth-order valence-electron chi connectivity index (χ4n) is 7.17. The smallest absolute Gasteiger partial charge is 0.139 e. The van der Waals surface area contributed by atoms with Crippen molar-refractivity contribution in [2.75, 3.05) is 0 Å². The van der Waals surface area contributed by atoms with Crippen LogP contribution in [-0.2, 0) is 6.42 Å². The van der Waals surface area contributed by atoms with E-state index < -0.39 is 0 Å². The highest BCUT2D eigenvalue weighted by atomic mass is 16.3. The third-order valence-electron chi connectivity index (χ3n) is 9.68. The minimum absolute atomic E-state index is 0.365. The van der Waals surface area contributed by atoms with Crippen molar-refractivity contribution in [3.05, 3.63) is 174 Å². The van der Waals surface area contributed by atoms with Crippen molar-refractivity contribution in [3.63, 3.8) is 0 Å². The molecule has 2 atom stereocenters. The Kier molecular flexibility index (Phi) is 6.28. The zero-order valence-electron chi connectivity index (χ0n) is 25.6. The Balaban J connectivity index is 1.08. The summed E-state index contributed by atoms with van der Waals surface area (Å²) in [6.45, 7) is 2.30. The summed E-state index contributed by atoms with van der Waals surface area (Å²) in [6.07, 6.45) is 14.5. The van der Waals surface area contributed by atoms with Gasteiger partial charge >= 0.3 is 0 Å². The monoisotopic (exact) mass is 592 g/mol. The van der Waals surface area contributed by atoms with Gasteiger partial charge in [0.25, 0.3) is 0 Å². The topological polar surface area (TPSA) is 26.3 Å². The van der Waals surface area contributed by atoms with Crippen molar-refractivity contribution in [1.82, 2.24) is 0 Å². The quantitative estimate of drug-likeness (QED) is 0.203. The number of furan rings is 2. The average Bonchev–Trinajstić information content (AvgIpc) is 3.56. The third-order valence-corrected chi connectivity index (χ3v) is 9.68. The molecule has 0 spiro atoms. The Labute approximate surface area is 268 Å². The van der Waals surface area contributed by atoms with Gasteiger partial charge in [0.1, 0.15) is 22.5 Å². The van der Waals surface area contributed by atoms with E-state index >= 15 is 0 Å². The lowest BCUT2D eigenvalue weighted by molar-refractivity contribution is 0.599. The van der Waals surface area contributed by atoms with Crippen LogP contribution in [0.3, 0.4) is 0 Å². The Morgan fingerprint density at radius 3 is 2.11 bits per heavy atom. The van der Waals surface area contributed by atoms with Crippen molar-refractivity contribution < 1.29 is 8.83 Å². The number of hydrogen-bond acceptors (Lipinski definition) is 2. The standard InChI is InChI=1S/C44H32O2/c1-28-15-16-34(24-37(28)31-11-6-3-7-12-31)30-17-20-36-39-26-40-38-25-35(33-14-8-13-32(23-33)29-9-4-2-5-10-29)19-22-42(38)46-44(40)27-43(39)45-41(36)21-18-30/h2-19,21-28,37H,20H2,1H3. The van der Waals surface area contributed by atoms with Gasteiger partial charge in [0.15, 0.2) is 0 Å². The Morgan fingerprint density at radius 1 is 0.543 bits per heavy atom. The number of hydrogen-bond donors (Lipinski definition) is 0. The van der Waals surface area contributed by atoms with E-state index in [-0.39, 0.29) is 0 Å². The molecule has 2 heteroatoms. The second-order valence-corrected chi connectivity index (χ2v) is 12.5. The minimum Gasteiger partial charge on any atom is -0.456 e. The number of benzene rings is 5. The summed E-state index contributed by atoms with van der Waals surface area (Å²) in [6, 6.07) is 40.9. The van der Waals surface area contributed by atoms with Gasteiger partial charge < -0.3 is 8.83 Å². The highest BCUT2D eigenvalue weighted by molar-refractivity contribution is 6.11. The largest absolute Gasteiger partial charge is 0.456 e. The summed E-state index contributed by atoms with van der Waals surface area (Å²) in [4.78, 5) is 0. The summed E-state index contributed by atoms with van der Waals surface area (Å²) in [5.41, 5.74) is 12.5. The van der Waals surface area contributed by atoms with Crippen LogP contribution in [0.2, 0.25) is 0 Å². The van der Waals surface area contributed by atoms with E-state index in [0.717, 1.165) is 45.1 Å². The van der Waals surface area contributed by atoms with Crippen LogP contribution in [0.1, 0.15) is 29.7 Å². The fraction of sp³-hybridized carbons (Fsp3) is 0.0909. The van der Waals surface area contributed by atoms with Gasteiger partial charge in [0.05, 0.1) is 0 Å². The Morgan fingerprint density at radius 2 is 1.26 bits per heavy atom. The predicted molar refractivity (Wildman–Crippen MR) is 191 cm³/mol. The SMILES string of the molecule is CC1C=CC(C2=CCc3c(oc4cc5oc6ccc(-c7cccc(-c8ccccc8)c7)cc6c5cc34)C=C2)=CC1c1ccccc1. The van der Waals surface area contributed by atoms with Crippen LogP contribution in [-0.4, -0.2) is 0 Å². The summed E-state index contributed by atoms with van der Waals surface area (Å²) >= 11 is 0. The number of allylic oxidation sites excluding steroid dienone is 7. The van der Waals surface area contributed by atoms with Gasteiger partial charge in [-0.1, -0.05) is 122 Å². The molecule has 46 heavy (non-hydrogen) atoms.